The highest BCUT2D eigenvalue weighted by molar-refractivity contribution is 7.89. The molecular formula is C25H25FN2O5S. The summed E-state index contributed by atoms with van der Waals surface area (Å²) in [7, 11) is -4.22. The van der Waals surface area contributed by atoms with Gasteiger partial charge in [0.25, 0.3) is 5.91 Å². The summed E-state index contributed by atoms with van der Waals surface area (Å²) in [5.41, 5.74) is 0.927. The van der Waals surface area contributed by atoms with E-state index in [1.807, 2.05) is 49.4 Å². The van der Waals surface area contributed by atoms with Gasteiger partial charge in [-0.1, -0.05) is 54.6 Å². The van der Waals surface area contributed by atoms with Crippen LogP contribution in [0.5, 0.6) is 0 Å². The first-order chi connectivity index (χ1) is 16.3. The Morgan fingerprint density at radius 3 is 2.59 bits per heavy atom. The number of amides is 1. The van der Waals surface area contributed by atoms with Crippen molar-refractivity contribution in [1.29, 1.82) is 0 Å². The number of sulfonamides is 1. The molecule has 0 radical (unpaired) electrons. The highest BCUT2D eigenvalue weighted by atomic mass is 32.2. The van der Waals surface area contributed by atoms with Crippen LogP contribution in [-0.4, -0.2) is 43.8 Å². The molecule has 3 aromatic carbocycles. The van der Waals surface area contributed by atoms with Gasteiger partial charge >= 0.3 is 5.97 Å². The van der Waals surface area contributed by atoms with Gasteiger partial charge in [0.15, 0.2) is 6.61 Å². The first kappa shape index (κ1) is 23.8. The molecule has 1 amide bonds. The second kappa shape index (κ2) is 9.90. The molecule has 178 valence electrons. The summed E-state index contributed by atoms with van der Waals surface area (Å²) in [5.74, 6) is -2.22. The van der Waals surface area contributed by atoms with Gasteiger partial charge in [0.05, 0.1) is 6.04 Å². The molecule has 2 unspecified atom stereocenters. The number of hydrogen-bond acceptors (Lipinski definition) is 5. The summed E-state index contributed by atoms with van der Waals surface area (Å²) in [4.78, 5) is 24.6. The van der Waals surface area contributed by atoms with Crippen LogP contribution in [0.4, 0.5) is 4.39 Å². The molecule has 1 saturated heterocycles. The van der Waals surface area contributed by atoms with Crippen molar-refractivity contribution < 1.29 is 27.1 Å². The van der Waals surface area contributed by atoms with E-state index in [1.54, 1.807) is 0 Å². The van der Waals surface area contributed by atoms with E-state index in [4.69, 9.17) is 4.74 Å². The second-order valence-electron chi connectivity index (χ2n) is 8.17. The SMILES string of the molecule is CC(NC(=O)COC(=O)C1CCCN1S(=O)(=O)c1ccccc1F)c1cccc2ccccc12. The number of nitrogens with one attached hydrogen (secondary N) is 1. The van der Waals surface area contributed by atoms with Gasteiger partial charge in [-0.05, 0) is 48.2 Å². The fourth-order valence-electron chi connectivity index (χ4n) is 4.27. The largest absolute Gasteiger partial charge is 0.454 e. The van der Waals surface area contributed by atoms with E-state index in [9.17, 15) is 22.4 Å². The molecule has 3 aromatic rings. The summed E-state index contributed by atoms with van der Waals surface area (Å²) < 4.78 is 46.0. The van der Waals surface area contributed by atoms with Gasteiger partial charge in [-0.25, -0.2) is 12.8 Å². The van der Waals surface area contributed by atoms with Crippen LogP contribution in [0.15, 0.2) is 71.6 Å². The number of ether oxygens (including phenoxy) is 1. The summed E-state index contributed by atoms with van der Waals surface area (Å²) in [5, 5.41) is 4.87. The first-order valence-electron chi connectivity index (χ1n) is 11.0. The molecule has 7 nitrogen and oxygen atoms in total. The third kappa shape index (κ3) is 4.80. The van der Waals surface area contributed by atoms with Gasteiger partial charge in [-0.15, -0.1) is 0 Å². The molecule has 4 rings (SSSR count). The molecule has 0 aromatic heterocycles. The molecule has 2 atom stereocenters. The van der Waals surface area contributed by atoms with Crippen LogP contribution < -0.4 is 5.32 Å². The molecule has 0 spiro atoms. The Hall–Kier alpha value is -3.30. The smallest absolute Gasteiger partial charge is 0.324 e. The standard InChI is InChI=1S/C25H25FN2O5S/c1-17(19-11-6-9-18-8-2-3-10-20(18)19)27-24(29)16-33-25(30)22-13-7-15-28(22)34(31,32)23-14-5-4-12-21(23)26/h2-6,8-12,14,17,22H,7,13,15-16H2,1H3,(H,27,29). The first-order valence-corrected chi connectivity index (χ1v) is 12.4. The Morgan fingerprint density at radius 1 is 1.09 bits per heavy atom. The molecule has 1 N–H and O–H groups in total. The number of hydrogen-bond donors (Lipinski definition) is 1. The number of fused-ring (bicyclic) bond motifs is 1. The normalized spacial score (nSPS) is 17.4. The molecular weight excluding hydrogens is 459 g/mol. The average molecular weight is 485 g/mol. The van der Waals surface area contributed by atoms with Crippen molar-refractivity contribution in [3.05, 3.63) is 78.1 Å². The zero-order valence-electron chi connectivity index (χ0n) is 18.6. The van der Waals surface area contributed by atoms with Crippen molar-refractivity contribution in [2.45, 2.75) is 36.7 Å². The van der Waals surface area contributed by atoms with Crippen LogP contribution in [-0.2, 0) is 24.3 Å². The van der Waals surface area contributed by atoms with Crippen LogP contribution >= 0.6 is 0 Å². The second-order valence-corrected chi connectivity index (χ2v) is 10.0. The molecule has 34 heavy (non-hydrogen) atoms. The topological polar surface area (TPSA) is 92.8 Å². The number of esters is 1. The van der Waals surface area contributed by atoms with E-state index in [0.717, 1.165) is 32.8 Å². The van der Waals surface area contributed by atoms with Crippen LogP contribution in [0.3, 0.4) is 0 Å². The predicted octanol–water partition coefficient (Wildman–Crippen LogP) is 3.55. The summed E-state index contributed by atoms with van der Waals surface area (Å²) >= 11 is 0. The quantitative estimate of drug-likeness (QED) is 0.518. The summed E-state index contributed by atoms with van der Waals surface area (Å²) in [6, 6.07) is 17.2. The zero-order chi connectivity index (χ0) is 24.3. The van der Waals surface area contributed by atoms with Gasteiger partial charge in [-0.3, -0.25) is 9.59 Å². The highest BCUT2D eigenvalue weighted by Crippen LogP contribution is 2.28. The molecule has 1 heterocycles. The maximum Gasteiger partial charge on any atom is 0.324 e. The Bertz CT molecular complexity index is 1320. The fourth-order valence-corrected chi connectivity index (χ4v) is 5.98. The third-order valence-electron chi connectivity index (χ3n) is 5.91. The number of nitrogens with zero attached hydrogens (tertiary/aromatic N) is 1. The molecule has 0 saturated carbocycles. The predicted molar refractivity (Wildman–Crippen MR) is 125 cm³/mol. The zero-order valence-corrected chi connectivity index (χ0v) is 19.4. The van der Waals surface area contributed by atoms with Crippen LogP contribution in [0.25, 0.3) is 10.8 Å². The molecule has 9 heteroatoms. The number of halogens is 1. The van der Waals surface area contributed by atoms with E-state index in [0.29, 0.717) is 6.42 Å². The van der Waals surface area contributed by atoms with Gasteiger partial charge in [0.1, 0.15) is 16.8 Å². The van der Waals surface area contributed by atoms with Crippen molar-refractivity contribution in [2.24, 2.45) is 0 Å². The Morgan fingerprint density at radius 2 is 1.79 bits per heavy atom. The third-order valence-corrected chi connectivity index (χ3v) is 7.85. The number of carbonyl (C=O) groups excluding carboxylic acids is 2. The fraction of sp³-hybridized carbons (Fsp3) is 0.280. The lowest BCUT2D eigenvalue weighted by atomic mass is 10.00. The molecule has 0 bridgehead atoms. The Labute approximate surface area is 197 Å². The highest BCUT2D eigenvalue weighted by Gasteiger charge is 2.41. The molecule has 1 aliphatic rings. The van der Waals surface area contributed by atoms with Crippen LogP contribution in [0, 0.1) is 5.82 Å². The molecule has 1 fully saturated rings. The Kier molecular flexibility index (Phi) is 6.95. The monoisotopic (exact) mass is 484 g/mol. The van der Waals surface area contributed by atoms with Gasteiger partial charge in [0, 0.05) is 6.54 Å². The van der Waals surface area contributed by atoms with E-state index in [1.165, 1.54) is 12.1 Å². The lowest BCUT2D eigenvalue weighted by Crippen LogP contribution is -2.42. The van der Waals surface area contributed by atoms with Crippen molar-refractivity contribution >= 4 is 32.7 Å². The van der Waals surface area contributed by atoms with E-state index >= 15 is 0 Å². The van der Waals surface area contributed by atoms with E-state index in [-0.39, 0.29) is 19.0 Å². The van der Waals surface area contributed by atoms with Crippen molar-refractivity contribution in [2.75, 3.05) is 13.2 Å². The minimum Gasteiger partial charge on any atom is -0.454 e. The lowest BCUT2D eigenvalue weighted by Gasteiger charge is -2.23. The molecule has 1 aliphatic heterocycles. The van der Waals surface area contributed by atoms with Gasteiger partial charge < -0.3 is 10.1 Å². The van der Waals surface area contributed by atoms with Crippen molar-refractivity contribution in [3.63, 3.8) is 0 Å². The lowest BCUT2D eigenvalue weighted by molar-refractivity contribution is -0.151. The minimum absolute atomic E-state index is 0.0702. The average Bonchev–Trinajstić information content (AvgIpc) is 3.33. The van der Waals surface area contributed by atoms with Crippen molar-refractivity contribution in [1.82, 2.24) is 9.62 Å². The maximum absolute atomic E-state index is 14.1. The number of benzene rings is 3. The number of carbonyl (C=O) groups is 2. The van der Waals surface area contributed by atoms with E-state index < -0.39 is 45.3 Å². The van der Waals surface area contributed by atoms with Gasteiger partial charge in [0.2, 0.25) is 10.0 Å². The van der Waals surface area contributed by atoms with Crippen molar-refractivity contribution in [3.8, 4) is 0 Å². The van der Waals surface area contributed by atoms with Crippen LogP contribution in [0.1, 0.15) is 31.4 Å². The van der Waals surface area contributed by atoms with Crippen LogP contribution in [0.2, 0.25) is 0 Å². The minimum atomic E-state index is -4.22. The maximum atomic E-state index is 14.1. The molecule has 0 aliphatic carbocycles. The Balaban J connectivity index is 1.39. The van der Waals surface area contributed by atoms with Gasteiger partial charge in [-0.2, -0.15) is 4.31 Å². The van der Waals surface area contributed by atoms with E-state index in [2.05, 4.69) is 5.32 Å². The summed E-state index contributed by atoms with van der Waals surface area (Å²) in [6.45, 7) is 1.36. The number of rotatable bonds is 7. The summed E-state index contributed by atoms with van der Waals surface area (Å²) in [6.07, 6.45) is 0.665.